The Bertz CT molecular complexity index is 1750. The molecule has 0 amide bonds. The standard InChI is InChI=1S/C33H37N4O4.Zn/c1-7-19-15(2)24-12-28-22(14-38)17(4)23(35-28)11-25-16(3)20(8-9-30(40)41-6)32(36-25)21-10-29(39)31-18(5)26(37-33(21)31)13-27(19)34-24;/h11-13,15-16,19-20,38H,7-10,14H2,1-6H3,(H-,34,35,36,37,39);/q-1;+2/p-1/t15-,16+,19-,20+;/m1./s1. The Morgan fingerprint density at radius 1 is 0.976 bits per heavy atom. The molecule has 0 radical (unpaired) electrons. The molecule has 6 rings (SSSR count). The molecule has 0 fully saturated rings. The molecular formula is C33H36N4O4Zn. The number of ether oxygens (including phenoxy) is 1. The third-order valence-electron chi connectivity index (χ3n) is 9.54. The summed E-state index contributed by atoms with van der Waals surface area (Å²) in [4.78, 5) is 45.7. The van der Waals surface area contributed by atoms with Crippen LogP contribution >= 0.6 is 0 Å². The minimum absolute atomic E-state index is 0. The monoisotopic (exact) mass is 616 g/mol. The zero-order chi connectivity index (χ0) is 29.2. The zero-order valence-electron chi connectivity index (χ0n) is 25.2. The Kier molecular flexibility index (Phi) is 8.30. The molecule has 4 atom stereocenters. The van der Waals surface area contributed by atoms with Gasteiger partial charge < -0.3 is 19.8 Å². The van der Waals surface area contributed by atoms with E-state index in [9.17, 15) is 14.7 Å². The van der Waals surface area contributed by atoms with Crippen molar-refractivity contribution in [3.05, 3.63) is 68.8 Å². The number of aryl methyl sites for hydroxylation is 2. The van der Waals surface area contributed by atoms with E-state index in [4.69, 9.17) is 24.7 Å². The summed E-state index contributed by atoms with van der Waals surface area (Å²) in [7, 11) is 1.40. The molecule has 0 saturated carbocycles. The number of hydrogen-bond acceptors (Lipinski definition) is 6. The van der Waals surface area contributed by atoms with Crippen LogP contribution in [0.25, 0.3) is 22.1 Å². The number of ketones is 1. The van der Waals surface area contributed by atoms with E-state index >= 15 is 0 Å². The summed E-state index contributed by atoms with van der Waals surface area (Å²) in [5.41, 5.74) is 10.6. The average Bonchev–Trinajstić information content (AvgIpc) is 3.70. The van der Waals surface area contributed by atoms with Crippen LogP contribution in [0.2, 0.25) is 0 Å². The number of hydrogen-bond donors (Lipinski definition) is 1. The third kappa shape index (κ3) is 4.75. The number of aliphatic hydroxyl groups is 1. The number of fused-ring (bicyclic) bond motifs is 8. The van der Waals surface area contributed by atoms with Gasteiger partial charge in [0.1, 0.15) is 0 Å². The molecule has 5 heterocycles. The summed E-state index contributed by atoms with van der Waals surface area (Å²) in [6, 6.07) is 6.04. The van der Waals surface area contributed by atoms with Gasteiger partial charge in [0, 0.05) is 64.9 Å². The molecule has 42 heavy (non-hydrogen) atoms. The third-order valence-corrected chi connectivity index (χ3v) is 9.54. The molecule has 1 N–H and O–H groups in total. The molecule has 3 aromatic rings. The maximum absolute atomic E-state index is 13.4. The fourth-order valence-corrected chi connectivity index (χ4v) is 6.96. The predicted molar refractivity (Wildman–Crippen MR) is 156 cm³/mol. The normalized spacial score (nSPS) is 21.0. The van der Waals surface area contributed by atoms with E-state index in [0.29, 0.717) is 17.5 Å². The van der Waals surface area contributed by atoms with Gasteiger partial charge >= 0.3 is 25.4 Å². The van der Waals surface area contributed by atoms with E-state index in [0.717, 1.165) is 68.0 Å². The minimum atomic E-state index is -0.269. The number of methoxy groups -OCH3 is 1. The van der Waals surface area contributed by atoms with Gasteiger partial charge in [-0.15, -0.1) is 22.1 Å². The number of aliphatic hydroxyl groups excluding tert-OH is 1. The number of carbonyl (C=O) groups is 2. The van der Waals surface area contributed by atoms with Crippen LogP contribution in [0, 0.1) is 13.8 Å². The van der Waals surface area contributed by atoms with Crippen molar-refractivity contribution in [2.45, 2.75) is 90.6 Å². The van der Waals surface area contributed by atoms with Gasteiger partial charge in [-0.05, 0) is 37.8 Å². The van der Waals surface area contributed by atoms with Crippen LogP contribution in [0.4, 0.5) is 0 Å². The molecule has 0 saturated heterocycles. The number of carbonyl (C=O) groups excluding carboxylic acids is 2. The number of aromatic nitrogens is 4. The second kappa shape index (κ2) is 11.5. The molecule has 2 aliphatic heterocycles. The van der Waals surface area contributed by atoms with Gasteiger partial charge in [0.15, 0.2) is 5.78 Å². The van der Waals surface area contributed by atoms with Crippen molar-refractivity contribution >= 4 is 33.8 Å². The van der Waals surface area contributed by atoms with Crippen LogP contribution in [0.15, 0.2) is 18.2 Å². The Morgan fingerprint density at radius 3 is 2.31 bits per heavy atom. The molecule has 0 aromatic carbocycles. The Balaban J connectivity index is 0.00000353. The van der Waals surface area contributed by atoms with Crippen LogP contribution in [0.5, 0.6) is 0 Å². The van der Waals surface area contributed by atoms with Gasteiger partial charge in [0.25, 0.3) is 0 Å². The Hall–Kier alpha value is -3.16. The van der Waals surface area contributed by atoms with E-state index in [-0.39, 0.29) is 74.4 Å². The van der Waals surface area contributed by atoms with Crippen molar-refractivity contribution in [2.24, 2.45) is 0 Å². The maximum Gasteiger partial charge on any atom is 2.00 e. The van der Waals surface area contributed by atoms with E-state index in [1.165, 1.54) is 7.11 Å². The maximum atomic E-state index is 13.4. The first-order valence-electron chi connectivity index (χ1n) is 14.5. The molecule has 3 aliphatic rings. The quantitative estimate of drug-likeness (QED) is 0.292. The topological polar surface area (TPSA) is 118 Å². The number of Topliss-reactive ketones (excluding diaryl/α,β-unsaturated/α-hetero) is 1. The fraction of sp³-hybridized carbons (Fsp3) is 0.455. The molecule has 0 spiro atoms. The van der Waals surface area contributed by atoms with Crippen LogP contribution < -0.4 is 9.97 Å². The van der Waals surface area contributed by atoms with Gasteiger partial charge in [-0.2, -0.15) is 0 Å². The molecule has 8 bridgehead atoms. The Morgan fingerprint density at radius 2 is 1.62 bits per heavy atom. The zero-order valence-corrected chi connectivity index (χ0v) is 28.2. The van der Waals surface area contributed by atoms with E-state index in [2.05, 4.69) is 20.8 Å². The van der Waals surface area contributed by atoms with Crippen molar-refractivity contribution in [3.63, 3.8) is 0 Å². The average molecular weight is 618 g/mol. The molecule has 9 heteroatoms. The smallest absolute Gasteiger partial charge is 0.657 e. The molecule has 3 aromatic heterocycles. The summed E-state index contributed by atoms with van der Waals surface area (Å²) < 4.78 is 4.94. The largest absolute Gasteiger partial charge is 2.00 e. The van der Waals surface area contributed by atoms with Crippen molar-refractivity contribution < 1.29 is 38.9 Å². The Labute approximate surface area is 258 Å². The van der Waals surface area contributed by atoms with E-state index < -0.39 is 0 Å². The summed E-state index contributed by atoms with van der Waals surface area (Å²) in [6.07, 6.45) is 1.98. The van der Waals surface area contributed by atoms with Gasteiger partial charge in [0.2, 0.25) is 0 Å². The molecule has 1 aliphatic carbocycles. The fourth-order valence-electron chi connectivity index (χ4n) is 6.96. The van der Waals surface area contributed by atoms with Crippen LogP contribution in [-0.4, -0.2) is 33.9 Å². The van der Waals surface area contributed by atoms with E-state index in [1.807, 2.05) is 32.0 Å². The number of esters is 1. The van der Waals surface area contributed by atoms with E-state index in [1.54, 1.807) is 0 Å². The number of rotatable bonds is 5. The molecular weight excluding hydrogens is 582 g/mol. The van der Waals surface area contributed by atoms with Crippen LogP contribution in [0.1, 0.15) is 119 Å². The first-order chi connectivity index (χ1) is 19.7. The van der Waals surface area contributed by atoms with Crippen molar-refractivity contribution in [1.82, 2.24) is 19.9 Å². The first kappa shape index (κ1) is 30.3. The second-order valence-electron chi connectivity index (χ2n) is 11.7. The van der Waals surface area contributed by atoms with Crippen molar-refractivity contribution in [2.75, 3.05) is 7.11 Å². The predicted octanol–water partition coefficient (Wildman–Crippen LogP) is 5.56. The van der Waals surface area contributed by atoms with Gasteiger partial charge in [0.05, 0.1) is 13.7 Å². The van der Waals surface area contributed by atoms with Crippen LogP contribution in [0.3, 0.4) is 0 Å². The summed E-state index contributed by atoms with van der Waals surface area (Å²) >= 11 is 0. The molecule has 8 nitrogen and oxygen atoms in total. The molecule has 214 valence electrons. The summed E-state index contributed by atoms with van der Waals surface area (Å²) in [5, 5.41) is 10.3. The SMILES string of the molecule is CC[C@H]1c2cc3[n-]c4c(c5nc(cc6[n-]c(cc(n2)[C@@H]1C)c(CO)c6C)[C@@H](C)[C@@H]5CCC(=O)OC)CC(=O)c4c3C.[Zn+2]. The van der Waals surface area contributed by atoms with Gasteiger partial charge in [-0.3, -0.25) is 19.6 Å². The van der Waals surface area contributed by atoms with Crippen molar-refractivity contribution in [1.29, 1.82) is 0 Å². The van der Waals surface area contributed by atoms with Crippen molar-refractivity contribution in [3.8, 4) is 0 Å². The minimum Gasteiger partial charge on any atom is -0.657 e. The second-order valence-corrected chi connectivity index (χ2v) is 11.7. The van der Waals surface area contributed by atoms with Gasteiger partial charge in [-0.1, -0.05) is 50.1 Å². The first-order valence-corrected chi connectivity index (χ1v) is 14.5. The van der Waals surface area contributed by atoms with Gasteiger partial charge in [-0.25, -0.2) is 0 Å². The molecule has 0 unspecified atom stereocenters. The summed E-state index contributed by atoms with van der Waals surface area (Å²) in [6.45, 7) is 10.3. The van der Waals surface area contributed by atoms with Crippen LogP contribution in [-0.2, 0) is 42.0 Å². The number of nitrogens with zero attached hydrogens (tertiary/aromatic N) is 4. The summed E-state index contributed by atoms with van der Waals surface area (Å²) in [5.74, 6) is 0.0848.